The summed E-state index contributed by atoms with van der Waals surface area (Å²) in [7, 11) is 1.57. The van der Waals surface area contributed by atoms with E-state index in [0.29, 0.717) is 0 Å². The number of carbonyl (C=O) groups excluding carboxylic acids is 1. The fourth-order valence-electron chi connectivity index (χ4n) is 1.28. The largest absolute Gasteiger partial charge is 0.481 e. The second-order valence-corrected chi connectivity index (χ2v) is 5.43. The van der Waals surface area contributed by atoms with Gasteiger partial charge in [-0.05, 0) is 19.8 Å². The lowest BCUT2D eigenvalue weighted by molar-refractivity contribution is -0.137. The Bertz CT molecular complexity index is 302. The molecule has 0 aliphatic carbocycles. The molecule has 2 amide bonds. The van der Waals surface area contributed by atoms with E-state index in [1.165, 1.54) is 4.90 Å². The number of urea groups is 1. The zero-order valence-corrected chi connectivity index (χ0v) is 11.7. The first kappa shape index (κ1) is 16.7. The number of carbonyl (C=O) groups is 2. The van der Waals surface area contributed by atoms with Gasteiger partial charge in [0.25, 0.3) is 0 Å². The molecule has 1 unspecified atom stereocenters. The minimum atomic E-state index is -0.946. The molecule has 0 saturated heterocycles. The van der Waals surface area contributed by atoms with Gasteiger partial charge in [0.05, 0.1) is 18.6 Å². The number of rotatable bonds is 6. The van der Waals surface area contributed by atoms with Crippen LogP contribution in [0, 0.1) is 5.92 Å². The molecule has 0 aromatic carbocycles. The Kier molecular flexibility index (Phi) is 6.11. The summed E-state index contributed by atoms with van der Waals surface area (Å²) in [5.41, 5.74) is -0.686. The van der Waals surface area contributed by atoms with Crippen LogP contribution in [0.2, 0.25) is 0 Å². The van der Waals surface area contributed by atoms with Crippen molar-refractivity contribution in [3.63, 3.8) is 0 Å². The van der Waals surface area contributed by atoms with Crippen LogP contribution in [0.4, 0.5) is 4.79 Å². The van der Waals surface area contributed by atoms with Gasteiger partial charge in [0, 0.05) is 13.1 Å². The number of hydrogen-bond acceptors (Lipinski definition) is 3. The third-order valence-corrected chi connectivity index (χ3v) is 3.11. The van der Waals surface area contributed by atoms with Gasteiger partial charge in [-0.15, -0.1) is 0 Å². The molecule has 0 aromatic heterocycles. The molecular weight excluding hydrogens is 236 g/mol. The van der Waals surface area contributed by atoms with E-state index >= 15 is 0 Å². The van der Waals surface area contributed by atoms with E-state index in [-0.39, 0.29) is 25.0 Å². The molecule has 0 rings (SSSR count). The maximum absolute atomic E-state index is 12.0. The van der Waals surface area contributed by atoms with Crippen LogP contribution < -0.4 is 5.32 Å². The molecule has 0 heterocycles. The van der Waals surface area contributed by atoms with Crippen LogP contribution in [0.15, 0.2) is 0 Å². The zero-order valence-electron chi connectivity index (χ0n) is 11.7. The van der Waals surface area contributed by atoms with Gasteiger partial charge in [-0.2, -0.15) is 0 Å². The Morgan fingerprint density at radius 1 is 1.33 bits per heavy atom. The van der Waals surface area contributed by atoms with Crippen LogP contribution in [0.3, 0.4) is 0 Å². The molecule has 6 heteroatoms. The molecule has 0 spiro atoms. The van der Waals surface area contributed by atoms with Gasteiger partial charge in [0.15, 0.2) is 0 Å². The van der Waals surface area contributed by atoms with E-state index in [0.717, 1.165) is 0 Å². The van der Waals surface area contributed by atoms with Crippen LogP contribution in [0.5, 0.6) is 0 Å². The van der Waals surface area contributed by atoms with Crippen LogP contribution >= 0.6 is 0 Å². The fraction of sp³-hybridized carbons (Fsp3) is 0.833. The van der Waals surface area contributed by atoms with Gasteiger partial charge in [-0.25, -0.2) is 4.79 Å². The van der Waals surface area contributed by atoms with E-state index in [4.69, 9.17) is 5.11 Å². The summed E-state index contributed by atoms with van der Waals surface area (Å²) in [6, 6.07) is -0.805. The van der Waals surface area contributed by atoms with Crippen molar-refractivity contribution in [1.29, 1.82) is 0 Å². The summed E-state index contributed by atoms with van der Waals surface area (Å²) in [6.45, 7) is 7.00. The monoisotopic (exact) mass is 260 g/mol. The summed E-state index contributed by atoms with van der Waals surface area (Å²) < 4.78 is 0. The third kappa shape index (κ3) is 4.91. The normalized spacial score (nSPS) is 13.3. The van der Waals surface area contributed by atoms with Gasteiger partial charge in [0.1, 0.15) is 0 Å². The highest BCUT2D eigenvalue weighted by Gasteiger charge is 2.29. The maximum Gasteiger partial charge on any atom is 0.317 e. The molecule has 0 aliphatic heterocycles. The van der Waals surface area contributed by atoms with E-state index in [2.05, 4.69) is 5.32 Å². The molecule has 0 saturated carbocycles. The summed E-state index contributed by atoms with van der Waals surface area (Å²) in [5.74, 6) is -0.922. The van der Waals surface area contributed by atoms with Gasteiger partial charge in [-0.3, -0.25) is 4.79 Å². The van der Waals surface area contributed by atoms with Crippen molar-refractivity contribution in [2.24, 2.45) is 5.92 Å². The minimum absolute atomic E-state index is 0.0238. The SMILES string of the molecule is CC(C)C(CC(=O)O)NC(=O)N(C)C(C)(C)CO. The molecular formula is C12H24N2O4. The number of carboxylic acids is 1. The molecule has 0 bridgehead atoms. The van der Waals surface area contributed by atoms with Crippen molar-refractivity contribution in [2.75, 3.05) is 13.7 Å². The van der Waals surface area contributed by atoms with Gasteiger partial charge < -0.3 is 20.4 Å². The van der Waals surface area contributed by atoms with Crippen LogP contribution in [0.1, 0.15) is 34.1 Å². The van der Waals surface area contributed by atoms with Gasteiger partial charge in [-0.1, -0.05) is 13.8 Å². The maximum atomic E-state index is 12.0. The average Bonchev–Trinajstić information content (AvgIpc) is 2.26. The number of nitrogens with one attached hydrogen (secondary N) is 1. The average molecular weight is 260 g/mol. The van der Waals surface area contributed by atoms with E-state index in [1.54, 1.807) is 20.9 Å². The van der Waals surface area contributed by atoms with Gasteiger partial charge in [0.2, 0.25) is 0 Å². The quantitative estimate of drug-likeness (QED) is 0.662. The van der Waals surface area contributed by atoms with E-state index in [1.807, 2.05) is 13.8 Å². The summed E-state index contributed by atoms with van der Waals surface area (Å²) >= 11 is 0. The number of hydrogen-bond donors (Lipinski definition) is 3. The molecule has 106 valence electrons. The second kappa shape index (κ2) is 6.58. The van der Waals surface area contributed by atoms with Crippen LogP contribution in [-0.4, -0.2) is 52.3 Å². The second-order valence-electron chi connectivity index (χ2n) is 5.43. The highest BCUT2D eigenvalue weighted by molar-refractivity contribution is 5.76. The first-order chi connectivity index (χ1) is 8.11. The van der Waals surface area contributed by atoms with Crippen LogP contribution in [-0.2, 0) is 4.79 Å². The standard InChI is InChI=1S/C12H24N2O4/c1-8(2)9(6-10(16)17)13-11(18)14(5)12(3,4)7-15/h8-9,15H,6-7H2,1-5H3,(H,13,18)(H,16,17). The Balaban J connectivity index is 4.65. The highest BCUT2D eigenvalue weighted by atomic mass is 16.4. The van der Waals surface area contributed by atoms with E-state index in [9.17, 15) is 14.7 Å². The predicted molar refractivity (Wildman–Crippen MR) is 68.3 cm³/mol. The third-order valence-electron chi connectivity index (χ3n) is 3.11. The molecule has 1 atom stereocenters. The van der Waals surface area contributed by atoms with Crippen molar-refractivity contribution in [3.05, 3.63) is 0 Å². The first-order valence-corrected chi connectivity index (χ1v) is 5.98. The van der Waals surface area contributed by atoms with Crippen LogP contribution in [0.25, 0.3) is 0 Å². The predicted octanol–water partition coefficient (Wildman–Crippen LogP) is 0.898. The Labute approximate surface area is 108 Å². The minimum Gasteiger partial charge on any atom is -0.481 e. The number of likely N-dealkylation sites (N-methyl/N-ethyl adjacent to an activating group) is 1. The topological polar surface area (TPSA) is 89.9 Å². The zero-order chi connectivity index (χ0) is 14.5. The summed E-state index contributed by atoms with van der Waals surface area (Å²) in [4.78, 5) is 24.0. The van der Waals surface area contributed by atoms with Crippen molar-refractivity contribution in [3.8, 4) is 0 Å². The van der Waals surface area contributed by atoms with Gasteiger partial charge >= 0.3 is 12.0 Å². The van der Waals surface area contributed by atoms with E-state index < -0.39 is 17.6 Å². The number of aliphatic hydroxyl groups excluding tert-OH is 1. The highest BCUT2D eigenvalue weighted by Crippen LogP contribution is 2.13. The number of aliphatic carboxylic acids is 1. The lowest BCUT2D eigenvalue weighted by atomic mass is 10.0. The Hall–Kier alpha value is -1.30. The van der Waals surface area contributed by atoms with Crippen molar-refractivity contribution in [1.82, 2.24) is 10.2 Å². The van der Waals surface area contributed by atoms with Crippen molar-refractivity contribution < 1.29 is 19.8 Å². The molecule has 18 heavy (non-hydrogen) atoms. The first-order valence-electron chi connectivity index (χ1n) is 5.98. The van der Waals surface area contributed by atoms with Crippen molar-refractivity contribution >= 4 is 12.0 Å². The Morgan fingerprint density at radius 3 is 2.17 bits per heavy atom. The molecule has 0 radical (unpaired) electrons. The lowest BCUT2D eigenvalue weighted by Gasteiger charge is -2.35. The number of aliphatic hydroxyl groups is 1. The smallest absolute Gasteiger partial charge is 0.317 e. The summed E-state index contributed by atoms with van der Waals surface area (Å²) in [5, 5.41) is 20.7. The number of amides is 2. The molecule has 3 N–H and O–H groups in total. The van der Waals surface area contributed by atoms with Crippen molar-refractivity contribution in [2.45, 2.75) is 45.7 Å². The molecule has 0 aromatic rings. The lowest BCUT2D eigenvalue weighted by Crippen LogP contribution is -2.54. The Morgan fingerprint density at radius 2 is 1.83 bits per heavy atom. The molecule has 0 fully saturated rings. The molecule has 6 nitrogen and oxygen atoms in total. The number of carboxylic acid groups (broad SMARTS) is 1. The number of nitrogens with zero attached hydrogens (tertiary/aromatic N) is 1. The summed E-state index contributed by atoms with van der Waals surface area (Å²) in [6.07, 6.45) is -0.114. The fourth-order valence-corrected chi connectivity index (χ4v) is 1.28. The molecule has 0 aliphatic rings.